The third-order valence-electron chi connectivity index (χ3n) is 4.76. The average molecular weight is 327 g/mol. The minimum absolute atomic E-state index is 0.889. The van der Waals surface area contributed by atoms with Crippen molar-refractivity contribution < 1.29 is 4.74 Å². The molecule has 0 aliphatic carbocycles. The van der Waals surface area contributed by atoms with Crippen molar-refractivity contribution in [1.29, 1.82) is 0 Å². The molecule has 0 bridgehead atoms. The van der Waals surface area contributed by atoms with E-state index in [4.69, 9.17) is 4.74 Å². The average Bonchev–Trinajstić information content (AvgIpc) is 2.63. The van der Waals surface area contributed by atoms with Crippen molar-refractivity contribution in [2.45, 2.75) is 71.1 Å². The summed E-state index contributed by atoms with van der Waals surface area (Å²) < 4.78 is 5.81. The monoisotopic (exact) mass is 326 g/mol. The molecule has 0 aliphatic heterocycles. The Morgan fingerprint density at radius 1 is 0.667 bits per heavy atom. The summed E-state index contributed by atoms with van der Waals surface area (Å²) in [5.74, 6) is 0. The lowest BCUT2D eigenvalue weighted by atomic mass is 10.0. The molecule has 2 aromatic rings. The second-order valence-corrected chi connectivity index (χ2v) is 6.83. The van der Waals surface area contributed by atoms with Gasteiger partial charge in [-0.05, 0) is 35.6 Å². The highest BCUT2D eigenvalue weighted by Crippen LogP contribution is 2.19. The smallest absolute Gasteiger partial charge is 0.0469 e. The number of unbranched alkanes of at least 4 members (excludes halogenated alkanes) is 7. The van der Waals surface area contributed by atoms with Crippen LogP contribution in [0.25, 0.3) is 10.8 Å². The van der Waals surface area contributed by atoms with Gasteiger partial charge in [-0.1, -0.05) is 94.3 Å². The van der Waals surface area contributed by atoms with Crippen LogP contribution in [0.5, 0.6) is 0 Å². The van der Waals surface area contributed by atoms with Crippen LogP contribution in [0.3, 0.4) is 0 Å². The summed E-state index contributed by atoms with van der Waals surface area (Å²) in [6.45, 7) is 4.10. The lowest BCUT2D eigenvalue weighted by molar-refractivity contribution is 0.127. The molecule has 0 aliphatic rings. The molecule has 1 nitrogen and oxygen atoms in total. The van der Waals surface area contributed by atoms with Crippen LogP contribution in [0.1, 0.15) is 70.3 Å². The molecule has 0 aromatic heterocycles. The zero-order valence-corrected chi connectivity index (χ0v) is 15.4. The molecule has 0 saturated carbocycles. The molecule has 0 unspecified atom stereocenters. The summed E-state index contributed by atoms with van der Waals surface area (Å²) in [7, 11) is 0. The molecule has 24 heavy (non-hydrogen) atoms. The van der Waals surface area contributed by atoms with Gasteiger partial charge in [0.2, 0.25) is 0 Å². The first-order valence-corrected chi connectivity index (χ1v) is 9.96. The molecule has 0 fully saturated rings. The van der Waals surface area contributed by atoms with E-state index in [-0.39, 0.29) is 0 Å². The fourth-order valence-corrected chi connectivity index (χ4v) is 3.32. The normalized spacial score (nSPS) is 11.2. The van der Waals surface area contributed by atoms with Crippen LogP contribution < -0.4 is 0 Å². The predicted octanol–water partition coefficient (Wildman–Crippen LogP) is 6.93. The van der Waals surface area contributed by atoms with E-state index in [1.165, 1.54) is 67.7 Å². The van der Waals surface area contributed by atoms with E-state index < -0.39 is 0 Å². The van der Waals surface area contributed by atoms with Gasteiger partial charge in [0.15, 0.2) is 0 Å². The summed E-state index contributed by atoms with van der Waals surface area (Å²) in [4.78, 5) is 0. The topological polar surface area (TPSA) is 9.23 Å². The van der Waals surface area contributed by atoms with E-state index in [9.17, 15) is 0 Å². The Bertz CT molecular complexity index is 555. The second kappa shape index (κ2) is 12.1. The molecule has 0 heterocycles. The Hall–Kier alpha value is -1.34. The number of fused-ring (bicyclic) bond motifs is 1. The fraction of sp³-hybridized carbons (Fsp3) is 0.565. The molecule has 2 aromatic carbocycles. The number of rotatable bonds is 13. The molecule has 2 rings (SSSR count). The van der Waals surface area contributed by atoms with Gasteiger partial charge in [0.1, 0.15) is 0 Å². The standard InChI is InChI=1S/C23H34O/c1-2-3-4-5-6-7-8-11-19-24-20-13-17-22-16-12-15-21-14-9-10-18-23(21)22/h9-10,12,14-16,18H,2-8,11,13,17,19-20H2,1H3. The van der Waals surface area contributed by atoms with E-state index in [1.54, 1.807) is 0 Å². The van der Waals surface area contributed by atoms with Crippen molar-refractivity contribution in [3.63, 3.8) is 0 Å². The maximum atomic E-state index is 5.81. The molecule has 0 atom stereocenters. The fourth-order valence-electron chi connectivity index (χ4n) is 3.32. The quantitative estimate of drug-likeness (QED) is 0.363. The van der Waals surface area contributed by atoms with Crippen LogP contribution in [-0.2, 0) is 11.2 Å². The molecule has 132 valence electrons. The summed E-state index contributed by atoms with van der Waals surface area (Å²) in [5.41, 5.74) is 1.45. The summed E-state index contributed by atoms with van der Waals surface area (Å²) >= 11 is 0. The van der Waals surface area contributed by atoms with Crippen LogP contribution in [0.15, 0.2) is 42.5 Å². The van der Waals surface area contributed by atoms with Crippen LogP contribution in [0.4, 0.5) is 0 Å². The zero-order valence-electron chi connectivity index (χ0n) is 15.4. The number of ether oxygens (including phenoxy) is 1. The first kappa shape index (κ1) is 19.0. The Kier molecular flexibility index (Phi) is 9.56. The Morgan fingerprint density at radius 3 is 2.17 bits per heavy atom. The van der Waals surface area contributed by atoms with Crippen molar-refractivity contribution in [1.82, 2.24) is 0 Å². The van der Waals surface area contributed by atoms with Crippen LogP contribution in [0.2, 0.25) is 0 Å². The lowest BCUT2D eigenvalue weighted by Gasteiger charge is -2.07. The van der Waals surface area contributed by atoms with Crippen LogP contribution in [-0.4, -0.2) is 13.2 Å². The van der Waals surface area contributed by atoms with Gasteiger partial charge in [-0.3, -0.25) is 0 Å². The SMILES string of the molecule is CCCCCCCCCCOCCCc1cccc2ccccc12. The highest BCUT2D eigenvalue weighted by Gasteiger charge is 2.00. The van der Waals surface area contributed by atoms with Crippen molar-refractivity contribution >= 4 is 10.8 Å². The minimum atomic E-state index is 0.889. The highest BCUT2D eigenvalue weighted by atomic mass is 16.5. The third-order valence-corrected chi connectivity index (χ3v) is 4.76. The second-order valence-electron chi connectivity index (χ2n) is 6.83. The van der Waals surface area contributed by atoms with Crippen molar-refractivity contribution in [3.05, 3.63) is 48.0 Å². The Morgan fingerprint density at radius 2 is 1.33 bits per heavy atom. The highest BCUT2D eigenvalue weighted by molar-refractivity contribution is 5.85. The molecule has 0 radical (unpaired) electrons. The number of hydrogen-bond acceptors (Lipinski definition) is 1. The number of benzene rings is 2. The molecular formula is C23H34O. The minimum Gasteiger partial charge on any atom is -0.381 e. The molecule has 0 N–H and O–H groups in total. The Labute approximate surface area is 148 Å². The van der Waals surface area contributed by atoms with Crippen LogP contribution >= 0.6 is 0 Å². The maximum Gasteiger partial charge on any atom is 0.0469 e. The lowest BCUT2D eigenvalue weighted by Crippen LogP contribution is -1.99. The van der Waals surface area contributed by atoms with Gasteiger partial charge < -0.3 is 4.74 Å². The largest absolute Gasteiger partial charge is 0.381 e. The van der Waals surface area contributed by atoms with Gasteiger partial charge >= 0.3 is 0 Å². The van der Waals surface area contributed by atoms with Crippen molar-refractivity contribution in [2.24, 2.45) is 0 Å². The molecule has 0 saturated heterocycles. The van der Waals surface area contributed by atoms with Gasteiger partial charge in [-0.15, -0.1) is 0 Å². The molecule has 1 heteroatoms. The van der Waals surface area contributed by atoms with E-state index in [1.807, 2.05) is 0 Å². The van der Waals surface area contributed by atoms with Gasteiger partial charge in [0.05, 0.1) is 0 Å². The first-order valence-electron chi connectivity index (χ1n) is 9.96. The molecule has 0 spiro atoms. The Balaban J connectivity index is 1.49. The van der Waals surface area contributed by atoms with E-state index >= 15 is 0 Å². The zero-order chi connectivity index (χ0) is 16.9. The summed E-state index contributed by atoms with van der Waals surface area (Å²) in [6.07, 6.45) is 13.1. The number of hydrogen-bond donors (Lipinski definition) is 0. The number of aryl methyl sites for hydroxylation is 1. The van der Waals surface area contributed by atoms with Gasteiger partial charge in [0.25, 0.3) is 0 Å². The maximum absolute atomic E-state index is 5.81. The summed E-state index contributed by atoms with van der Waals surface area (Å²) in [5, 5.41) is 2.73. The first-order chi connectivity index (χ1) is 11.9. The van der Waals surface area contributed by atoms with E-state index in [2.05, 4.69) is 49.4 Å². The predicted molar refractivity (Wildman–Crippen MR) is 106 cm³/mol. The van der Waals surface area contributed by atoms with Crippen LogP contribution in [0, 0.1) is 0 Å². The van der Waals surface area contributed by atoms with Crippen molar-refractivity contribution in [2.75, 3.05) is 13.2 Å². The molecular weight excluding hydrogens is 292 g/mol. The van der Waals surface area contributed by atoms with E-state index in [0.717, 1.165) is 26.1 Å². The van der Waals surface area contributed by atoms with Gasteiger partial charge in [0, 0.05) is 13.2 Å². The van der Waals surface area contributed by atoms with Gasteiger partial charge in [-0.25, -0.2) is 0 Å². The summed E-state index contributed by atoms with van der Waals surface area (Å²) in [6, 6.07) is 15.3. The van der Waals surface area contributed by atoms with Gasteiger partial charge in [-0.2, -0.15) is 0 Å². The third kappa shape index (κ3) is 7.05. The van der Waals surface area contributed by atoms with Crippen molar-refractivity contribution in [3.8, 4) is 0 Å². The van der Waals surface area contributed by atoms with E-state index in [0.29, 0.717) is 0 Å². The molecule has 0 amide bonds.